The minimum atomic E-state index is 0.449. The molecule has 0 fully saturated rings. The molecule has 0 spiro atoms. The van der Waals surface area contributed by atoms with Crippen molar-refractivity contribution in [3.8, 4) is 11.6 Å². The van der Waals surface area contributed by atoms with E-state index in [0.717, 1.165) is 16.3 Å². The van der Waals surface area contributed by atoms with Crippen molar-refractivity contribution in [3.63, 3.8) is 0 Å². The van der Waals surface area contributed by atoms with E-state index in [1.54, 1.807) is 18.3 Å². The van der Waals surface area contributed by atoms with Crippen molar-refractivity contribution in [1.29, 1.82) is 0 Å². The molecular formula is C16H13ClN2O. The van der Waals surface area contributed by atoms with Crippen LogP contribution in [0.4, 0.5) is 0 Å². The van der Waals surface area contributed by atoms with Gasteiger partial charge < -0.3 is 10.5 Å². The Morgan fingerprint density at radius 1 is 1.05 bits per heavy atom. The van der Waals surface area contributed by atoms with Gasteiger partial charge in [-0.3, -0.25) is 0 Å². The Balaban J connectivity index is 2.08. The Kier molecular flexibility index (Phi) is 3.54. The van der Waals surface area contributed by atoms with Crippen LogP contribution in [-0.2, 0) is 6.54 Å². The van der Waals surface area contributed by atoms with Crippen LogP contribution in [-0.4, -0.2) is 4.98 Å². The minimum absolute atomic E-state index is 0.449. The number of nitrogens with two attached hydrogens (primary N) is 1. The Hall–Kier alpha value is -2.10. The maximum Gasteiger partial charge on any atom is 0.227 e. The van der Waals surface area contributed by atoms with Crippen LogP contribution in [0.5, 0.6) is 11.6 Å². The van der Waals surface area contributed by atoms with Crippen molar-refractivity contribution in [3.05, 3.63) is 65.3 Å². The predicted octanol–water partition coefficient (Wildman–Crippen LogP) is 4.14. The molecule has 3 aromatic rings. The molecule has 1 aromatic heterocycles. The molecule has 2 aromatic carbocycles. The number of hydrogen-bond acceptors (Lipinski definition) is 3. The zero-order valence-corrected chi connectivity index (χ0v) is 11.5. The molecule has 4 heteroatoms. The lowest BCUT2D eigenvalue weighted by Crippen LogP contribution is -1.99. The van der Waals surface area contributed by atoms with Gasteiger partial charge in [0.25, 0.3) is 0 Å². The van der Waals surface area contributed by atoms with Gasteiger partial charge in [-0.05, 0) is 35.2 Å². The number of nitrogens with zero attached hydrogens (tertiary/aromatic N) is 1. The van der Waals surface area contributed by atoms with E-state index < -0.39 is 0 Å². The molecular weight excluding hydrogens is 272 g/mol. The molecule has 0 radical (unpaired) electrons. The first kappa shape index (κ1) is 12.9. The van der Waals surface area contributed by atoms with E-state index in [-0.39, 0.29) is 0 Å². The Bertz CT molecular complexity index is 758. The molecule has 3 rings (SSSR count). The van der Waals surface area contributed by atoms with Gasteiger partial charge in [-0.2, -0.15) is 0 Å². The van der Waals surface area contributed by atoms with Gasteiger partial charge in [-0.15, -0.1) is 0 Å². The van der Waals surface area contributed by atoms with Crippen LogP contribution in [0.25, 0.3) is 10.8 Å². The highest BCUT2D eigenvalue weighted by Crippen LogP contribution is 2.30. The summed E-state index contributed by atoms with van der Waals surface area (Å²) in [6.45, 7) is 0.449. The number of halogens is 1. The third-order valence-electron chi connectivity index (χ3n) is 3.07. The predicted molar refractivity (Wildman–Crippen MR) is 81.2 cm³/mol. The Morgan fingerprint density at radius 2 is 1.85 bits per heavy atom. The first-order chi connectivity index (χ1) is 9.78. The van der Waals surface area contributed by atoms with Crippen LogP contribution >= 0.6 is 11.6 Å². The summed E-state index contributed by atoms with van der Waals surface area (Å²) in [6.07, 6.45) is 1.75. The van der Waals surface area contributed by atoms with Crippen molar-refractivity contribution in [2.24, 2.45) is 5.73 Å². The summed E-state index contributed by atoms with van der Waals surface area (Å²) in [5.74, 6) is 1.22. The third-order valence-corrected chi connectivity index (χ3v) is 3.31. The maximum atomic E-state index is 5.96. The summed E-state index contributed by atoms with van der Waals surface area (Å²) in [5.41, 5.74) is 6.74. The molecule has 0 bridgehead atoms. The molecule has 20 heavy (non-hydrogen) atoms. The van der Waals surface area contributed by atoms with E-state index in [4.69, 9.17) is 22.1 Å². The fourth-order valence-electron chi connectivity index (χ4n) is 2.11. The summed E-state index contributed by atoms with van der Waals surface area (Å²) in [6, 6.07) is 15.2. The average molecular weight is 285 g/mol. The standard InChI is InChI=1S/C16H13ClN2O/c17-12-4-3-5-13(8-12)20-16-15-7-2-1-6-14(15)11(9-18)10-19-16/h1-8,10H,9,18H2. The topological polar surface area (TPSA) is 48.1 Å². The van der Waals surface area contributed by atoms with E-state index >= 15 is 0 Å². The second kappa shape index (κ2) is 5.49. The van der Waals surface area contributed by atoms with Gasteiger partial charge in [-0.1, -0.05) is 35.9 Å². The van der Waals surface area contributed by atoms with E-state index in [2.05, 4.69) is 4.98 Å². The smallest absolute Gasteiger partial charge is 0.227 e. The monoisotopic (exact) mass is 284 g/mol. The zero-order chi connectivity index (χ0) is 13.9. The van der Waals surface area contributed by atoms with Crippen LogP contribution in [0, 0.1) is 0 Å². The highest BCUT2D eigenvalue weighted by atomic mass is 35.5. The zero-order valence-electron chi connectivity index (χ0n) is 10.7. The molecule has 0 aliphatic heterocycles. The summed E-state index contributed by atoms with van der Waals surface area (Å²) < 4.78 is 5.84. The summed E-state index contributed by atoms with van der Waals surface area (Å²) in [5, 5.41) is 2.63. The molecule has 2 N–H and O–H groups in total. The highest BCUT2D eigenvalue weighted by molar-refractivity contribution is 6.30. The minimum Gasteiger partial charge on any atom is -0.438 e. The number of hydrogen-bond donors (Lipinski definition) is 1. The molecule has 0 saturated carbocycles. The van der Waals surface area contributed by atoms with Gasteiger partial charge >= 0.3 is 0 Å². The van der Waals surface area contributed by atoms with E-state index in [1.165, 1.54) is 0 Å². The van der Waals surface area contributed by atoms with Gasteiger partial charge in [0, 0.05) is 23.2 Å². The van der Waals surface area contributed by atoms with E-state index in [1.807, 2.05) is 36.4 Å². The average Bonchev–Trinajstić information content (AvgIpc) is 2.48. The van der Waals surface area contributed by atoms with Crippen LogP contribution < -0.4 is 10.5 Å². The fraction of sp³-hybridized carbons (Fsp3) is 0.0625. The van der Waals surface area contributed by atoms with Crippen molar-refractivity contribution in [2.45, 2.75) is 6.54 Å². The van der Waals surface area contributed by atoms with Crippen molar-refractivity contribution < 1.29 is 4.74 Å². The van der Waals surface area contributed by atoms with E-state index in [9.17, 15) is 0 Å². The lowest BCUT2D eigenvalue weighted by molar-refractivity contribution is 0.469. The van der Waals surface area contributed by atoms with Crippen LogP contribution in [0.1, 0.15) is 5.56 Å². The first-order valence-corrected chi connectivity index (χ1v) is 6.66. The number of rotatable bonds is 3. The molecule has 0 aliphatic rings. The van der Waals surface area contributed by atoms with E-state index in [0.29, 0.717) is 23.2 Å². The van der Waals surface area contributed by atoms with Gasteiger partial charge in [0.15, 0.2) is 0 Å². The highest BCUT2D eigenvalue weighted by Gasteiger charge is 2.08. The molecule has 0 saturated heterocycles. The van der Waals surface area contributed by atoms with Crippen molar-refractivity contribution in [2.75, 3.05) is 0 Å². The molecule has 0 unspecified atom stereocenters. The van der Waals surface area contributed by atoms with Gasteiger partial charge in [0.2, 0.25) is 5.88 Å². The molecule has 3 nitrogen and oxygen atoms in total. The first-order valence-electron chi connectivity index (χ1n) is 6.28. The number of aromatic nitrogens is 1. The Labute approximate surface area is 122 Å². The molecule has 0 aliphatic carbocycles. The SMILES string of the molecule is NCc1cnc(Oc2cccc(Cl)c2)c2ccccc12. The summed E-state index contributed by atoms with van der Waals surface area (Å²) in [4.78, 5) is 4.36. The molecule has 0 atom stereocenters. The molecule has 100 valence electrons. The second-order valence-electron chi connectivity index (χ2n) is 4.40. The summed E-state index contributed by atoms with van der Waals surface area (Å²) >= 11 is 5.96. The number of pyridine rings is 1. The number of fused-ring (bicyclic) bond motifs is 1. The lowest BCUT2D eigenvalue weighted by Gasteiger charge is -2.10. The van der Waals surface area contributed by atoms with Gasteiger partial charge in [0.1, 0.15) is 5.75 Å². The Morgan fingerprint density at radius 3 is 2.60 bits per heavy atom. The molecule has 0 amide bonds. The van der Waals surface area contributed by atoms with Gasteiger partial charge in [0.05, 0.1) is 0 Å². The van der Waals surface area contributed by atoms with Crippen LogP contribution in [0.3, 0.4) is 0 Å². The molecule has 1 heterocycles. The maximum absolute atomic E-state index is 5.96. The lowest BCUT2D eigenvalue weighted by atomic mass is 10.1. The fourth-order valence-corrected chi connectivity index (χ4v) is 2.29. The quantitative estimate of drug-likeness (QED) is 0.786. The van der Waals surface area contributed by atoms with Crippen LogP contribution in [0.15, 0.2) is 54.7 Å². The number of ether oxygens (including phenoxy) is 1. The third kappa shape index (κ3) is 2.46. The van der Waals surface area contributed by atoms with Gasteiger partial charge in [-0.25, -0.2) is 4.98 Å². The largest absolute Gasteiger partial charge is 0.438 e. The second-order valence-corrected chi connectivity index (χ2v) is 4.83. The number of benzene rings is 2. The van der Waals surface area contributed by atoms with Crippen molar-refractivity contribution >= 4 is 22.4 Å². The van der Waals surface area contributed by atoms with Crippen LogP contribution in [0.2, 0.25) is 5.02 Å². The van der Waals surface area contributed by atoms with Crippen molar-refractivity contribution in [1.82, 2.24) is 4.98 Å². The summed E-state index contributed by atoms with van der Waals surface area (Å²) in [7, 11) is 0. The normalized spacial score (nSPS) is 10.7.